The molecule has 0 unspecified atom stereocenters. The van der Waals surface area contributed by atoms with Crippen LogP contribution in [0.2, 0.25) is 0 Å². The SMILES string of the molecule is O=[N+]([O-])O.[NH2-].[NH2-].[NH2-].[NH2-].[OH-].[OH-].[Pt+4].[Pt+4]. The van der Waals surface area contributed by atoms with Gasteiger partial charge in [0.15, 0.2) is 0 Å². The molecule has 12 heteroatoms. The molecule has 0 amide bonds. The first-order valence-electron chi connectivity index (χ1n) is 0.565. The average molecular weight is 551 g/mol. The number of rotatable bonds is 0. The molecule has 0 rings (SSSR count). The first-order chi connectivity index (χ1) is 1.73. The first kappa shape index (κ1) is 142. The van der Waals surface area contributed by atoms with Crippen molar-refractivity contribution in [1.29, 1.82) is 0 Å². The van der Waals surface area contributed by atoms with Gasteiger partial charge in [0, 0.05) is 0 Å². The van der Waals surface area contributed by atoms with E-state index in [1.807, 2.05) is 0 Å². The predicted octanol–water partition coefficient (Wildman–Crippen LogP) is 2.16. The zero-order chi connectivity index (χ0) is 3.58. The molecule has 12 heavy (non-hydrogen) atoms. The molecule has 0 radical (unpaired) electrons. The fourth-order valence-electron chi connectivity index (χ4n) is 0. The van der Waals surface area contributed by atoms with Crippen LogP contribution in [0, 0.1) is 10.1 Å². The molecule has 0 saturated heterocycles. The van der Waals surface area contributed by atoms with Gasteiger partial charge in [0.25, 0.3) is 5.09 Å². The minimum Gasteiger partial charge on any atom is -0.870 e. The van der Waals surface area contributed by atoms with Crippen LogP contribution in [-0.4, -0.2) is 21.2 Å². The number of hydrogen-bond donors (Lipinski definition) is 1. The van der Waals surface area contributed by atoms with Crippen LogP contribution in [0.15, 0.2) is 0 Å². The maximum Gasteiger partial charge on any atom is 4.00 e. The van der Waals surface area contributed by atoms with Crippen LogP contribution in [0.1, 0.15) is 0 Å². The number of hydrogen-bond acceptors (Lipinski definition) is 4. The Morgan fingerprint density at radius 1 is 0.917 bits per heavy atom. The van der Waals surface area contributed by atoms with Crippen LogP contribution < -0.4 is 0 Å². The third-order valence-corrected chi connectivity index (χ3v) is 0. The van der Waals surface area contributed by atoms with Gasteiger partial charge in [0.05, 0.1) is 0 Å². The molecule has 10 nitrogen and oxygen atoms in total. The van der Waals surface area contributed by atoms with Crippen LogP contribution in [-0.2, 0) is 42.1 Å². The Morgan fingerprint density at radius 2 is 0.917 bits per heavy atom. The van der Waals surface area contributed by atoms with Gasteiger partial charge in [-0.2, -0.15) is 0 Å². The Morgan fingerprint density at radius 3 is 0.917 bits per heavy atom. The van der Waals surface area contributed by atoms with Crippen molar-refractivity contribution in [2.75, 3.05) is 0 Å². The van der Waals surface area contributed by atoms with Gasteiger partial charge in [-0.1, -0.05) is 0 Å². The van der Waals surface area contributed by atoms with Gasteiger partial charge in [-0.25, -0.2) is 0 Å². The summed E-state index contributed by atoms with van der Waals surface area (Å²) in [7, 11) is 0. The van der Waals surface area contributed by atoms with Crippen LogP contribution >= 0.6 is 0 Å². The second-order valence-corrected chi connectivity index (χ2v) is 0.238. The summed E-state index contributed by atoms with van der Waals surface area (Å²) in [6.07, 6.45) is 0. The summed E-state index contributed by atoms with van der Waals surface area (Å²) in [6.45, 7) is 0. The summed E-state index contributed by atoms with van der Waals surface area (Å²) < 4.78 is 0. The van der Waals surface area contributed by atoms with Crippen molar-refractivity contribution in [3.8, 4) is 0 Å². The summed E-state index contributed by atoms with van der Waals surface area (Å²) in [5.41, 5.74) is 0. The minimum atomic E-state index is -1.50. The van der Waals surface area contributed by atoms with Gasteiger partial charge >= 0.3 is 42.1 Å². The second kappa shape index (κ2) is 109. The minimum absolute atomic E-state index is 0. The van der Waals surface area contributed by atoms with Crippen molar-refractivity contribution in [3.05, 3.63) is 34.7 Å². The van der Waals surface area contributed by atoms with Gasteiger partial charge in [-0.15, -0.1) is 10.1 Å². The maximum absolute atomic E-state index is 8.36. The smallest absolute Gasteiger partial charge is 0.870 e. The molecule has 0 aromatic rings. The summed E-state index contributed by atoms with van der Waals surface area (Å²) in [4.78, 5) is 8.36. The van der Waals surface area contributed by atoms with E-state index in [0.717, 1.165) is 0 Å². The molecule has 0 aromatic carbocycles. The molecule has 11 N–H and O–H groups in total. The van der Waals surface area contributed by atoms with E-state index in [4.69, 9.17) is 15.3 Å². The van der Waals surface area contributed by atoms with Crippen LogP contribution in [0.3, 0.4) is 0 Å². The summed E-state index contributed by atoms with van der Waals surface area (Å²) >= 11 is 0. The van der Waals surface area contributed by atoms with Gasteiger partial charge in [0.1, 0.15) is 0 Å². The van der Waals surface area contributed by atoms with Gasteiger partial charge in [0.2, 0.25) is 0 Å². The quantitative estimate of drug-likeness (QED) is 0.349. The molecule has 0 fully saturated rings. The van der Waals surface area contributed by atoms with Crippen molar-refractivity contribution in [2.24, 2.45) is 0 Å². The van der Waals surface area contributed by atoms with Crippen molar-refractivity contribution in [3.63, 3.8) is 0 Å². The number of nitrogens with zero attached hydrogens (tertiary/aromatic N) is 1. The molecule has 0 heterocycles. The molecule has 0 bridgehead atoms. The van der Waals surface area contributed by atoms with E-state index in [1.54, 1.807) is 0 Å². The zero-order valence-electron chi connectivity index (χ0n) is 5.55. The number of nitrogens with two attached hydrogens (primary N) is 4. The van der Waals surface area contributed by atoms with Crippen LogP contribution in [0.5, 0.6) is 0 Å². The maximum atomic E-state index is 8.36. The fraction of sp³-hybridized carbons (Fsp3) is 0. The van der Waals surface area contributed by atoms with E-state index in [1.165, 1.54) is 0 Å². The third-order valence-electron chi connectivity index (χ3n) is 0. The van der Waals surface area contributed by atoms with E-state index in [-0.39, 0.29) is 77.7 Å². The van der Waals surface area contributed by atoms with E-state index < -0.39 is 5.09 Å². The van der Waals surface area contributed by atoms with E-state index >= 15 is 0 Å². The van der Waals surface area contributed by atoms with Crippen molar-refractivity contribution in [1.82, 2.24) is 0 Å². The van der Waals surface area contributed by atoms with Gasteiger partial charge < -0.3 is 40.8 Å². The summed E-state index contributed by atoms with van der Waals surface area (Å²) in [5, 5.41) is 13.6. The second-order valence-electron chi connectivity index (χ2n) is 0.238. The Kier molecular flexibility index (Phi) is 1290. The third kappa shape index (κ3) is 7950. The summed E-state index contributed by atoms with van der Waals surface area (Å²) in [5.74, 6) is 0. The van der Waals surface area contributed by atoms with E-state index in [0.29, 0.717) is 0 Å². The van der Waals surface area contributed by atoms with Crippen molar-refractivity contribution >= 4 is 0 Å². The molecule has 0 aromatic heterocycles. The van der Waals surface area contributed by atoms with Crippen LogP contribution in [0.25, 0.3) is 24.6 Å². The monoisotopic (exact) mass is 551 g/mol. The molecular formula is H11N5O5Pt2+2. The Balaban J connectivity index is -0.00000000161. The average Bonchev–Trinajstić information content (AvgIpc) is 0.811. The Hall–Kier alpha value is 0.337. The molecule has 0 aliphatic rings. The Bertz CT molecular complexity index is 40.8. The van der Waals surface area contributed by atoms with Gasteiger partial charge in [-0.05, 0) is 0 Å². The molecule has 0 atom stereocenters. The molecule has 0 aliphatic heterocycles. The standard InChI is InChI=1S/HNO3.4H2N.2H2O.2Pt/c2-1(3)4;;;;;;;;/h(H,2,3,4);6*1H2;;/q;4*-1;;;2*+4/p-2. The first-order valence-corrected chi connectivity index (χ1v) is 0.565. The molecule has 0 spiro atoms. The van der Waals surface area contributed by atoms with Crippen LogP contribution in [0.4, 0.5) is 0 Å². The van der Waals surface area contributed by atoms with E-state index in [2.05, 4.69) is 0 Å². The molecule has 0 aliphatic carbocycles. The zero-order valence-corrected chi connectivity index (χ0v) is 10.1. The molecule has 84 valence electrons. The topological polar surface area (TPSA) is 257 Å². The predicted molar refractivity (Wildman–Crippen MR) is 33.8 cm³/mol. The normalized spacial score (nSPS) is 2.00. The summed E-state index contributed by atoms with van der Waals surface area (Å²) in [6, 6.07) is 0. The molecule has 0 saturated carbocycles. The fourth-order valence-corrected chi connectivity index (χ4v) is 0. The van der Waals surface area contributed by atoms with Gasteiger partial charge in [-0.3, -0.25) is 0 Å². The van der Waals surface area contributed by atoms with Crippen molar-refractivity contribution < 1.29 is 63.4 Å². The van der Waals surface area contributed by atoms with Crippen molar-refractivity contribution in [2.45, 2.75) is 0 Å². The molecular weight excluding hydrogens is 540 g/mol. The Labute approximate surface area is 98.1 Å². The largest absolute Gasteiger partial charge is 4.00 e. The van der Waals surface area contributed by atoms with E-state index in [9.17, 15) is 0 Å².